The fourth-order valence-electron chi connectivity index (χ4n) is 2.25. The summed E-state index contributed by atoms with van der Waals surface area (Å²) in [4.78, 5) is 12.1. The molecule has 128 valence electrons. The summed E-state index contributed by atoms with van der Waals surface area (Å²) < 4.78 is 13.3. The second-order valence-electron chi connectivity index (χ2n) is 6.42. The third-order valence-corrected chi connectivity index (χ3v) is 4.47. The summed E-state index contributed by atoms with van der Waals surface area (Å²) in [5.41, 5.74) is 0.00329. The van der Waals surface area contributed by atoms with Crippen LogP contribution < -0.4 is 14.8 Å². The number of aromatic nitrogens is 2. The SMILES string of the molecule is CC(C)(CCl)C(=O)Nc1cnn(CC2COc3ccccc3O2)c1. The average molecular weight is 350 g/mol. The zero-order chi connectivity index (χ0) is 17.2. The first-order chi connectivity index (χ1) is 11.5. The van der Waals surface area contributed by atoms with E-state index in [0.717, 1.165) is 11.5 Å². The van der Waals surface area contributed by atoms with Crippen LogP contribution in [0.2, 0.25) is 0 Å². The number of para-hydroxylation sites is 2. The topological polar surface area (TPSA) is 65.4 Å². The molecule has 0 spiro atoms. The Morgan fingerprint density at radius 3 is 2.92 bits per heavy atom. The number of alkyl halides is 1. The molecule has 0 saturated carbocycles. The molecule has 1 amide bonds. The molecule has 1 aliphatic rings. The van der Waals surface area contributed by atoms with Crippen LogP contribution in [-0.2, 0) is 11.3 Å². The molecule has 2 aromatic rings. The minimum atomic E-state index is -0.631. The predicted molar refractivity (Wildman–Crippen MR) is 91.7 cm³/mol. The molecular formula is C17H20ClN3O3. The Labute approximate surface area is 145 Å². The lowest BCUT2D eigenvalue weighted by molar-refractivity contribution is -0.122. The minimum Gasteiger partial charge on any atom is -0.486 e. The van der Waals surface area contributed by atoms with Crippen molar-refractivity contribution >= 4 is 23.2 Å². The minimum absolute atomic E-state index is 0.136. The standard InChI is InChI=1S/C17H20ClN3O3/c1-17(2,11-18)16(22)20-12-7-19-21(8-12)9-13-10-23-14-5-3-4-6-15(14)24-13/h3-8,13H,9-11H2,1-2H3,(H,20,22). The normalized spacial score (nSPS) is 16.7. The highest BCUT2D eigenvalue weighted by Gasteiger charge is 2.27. The Bertz CT molecular complexity index is 729. The van der Waals surface area contributed by atoms with Gasteiger partial charge >= 0.3 is 0 Å². The molecule has 1 aromatic carbocycles. The van der Waals surface area contributed by atoms with Gasteiger partial charge in [-0.1, -0.05) is 12.1 Å². The lowest BCUT2D eigenvalue weighted by atomic mass is 9.95. The molecule has 0 radical (unpaired) electrons. The van der Waals surface area contributed by atoms with Crippen molar-refractivity contribution in [2.75, 3.05) is 17.8 Å². The van der Waals surface area contributed by atoms with Crippen LogP contribution in [0.1, 0.15) is 13.8 Å². The molecule has 0 bridgehead atoms. The number of benzene rings is 1. The van der Waals surface area contributed by atoms with Crippen LogP contribution in [0.15, 0.2) is 36.7 Å². The number of fused-ring (bicyclic) bond motifs is 1. The van der Waals surface area contributed by atoms with Crippen LogP contribution in [0.25, 0.3) is 0 Å². The van der Waals surface area contributed by atoms with Crippen molar-refractivity contribution in [3.8, 4) is 11.5 Å². The van der Waals surface area contributed by atoms with Crippen molar-refractivity contribution in [3.63, 3.8) is 0 Å². The second kappa shape index (κ2) is 6.73. The van der Waals surface area contributed by atoms with Crippen molar-refractivity contribution in [2.24, 2.45) is 5.41 Å². The number of hydrogen-bond acceptors (Lipinski definition) is 4. The highest BCUT2D eigenvalue weighted by Crippen LogP contribution is 2.31. The monoisotopic (exact) mass is 349 g/mol. The summed E-state index contributed by atoms with van der Waals surface area (Å²) >= 11 is 5.82. The van der Waals surface area contributed by atoms with E-state index in [1.54, 1.807) is 30.9 Å². The molecule has 24 heavy (non-hydrogen) atoms. The zero-order valence-electron chi connectivity index (χ0n) is 13.7. The molecular weight excluding hydrogens is 330 g/mol. The molecule has 1 aromatic heterocycles. The molecule has 0 aliphatic carbocycles. The number of hydrogen-bond donors (Lipinski definition) is 1. The molecule has 0 fully saturated rings. The molecule has 0 saturated heterocycles. The largest absolute Gasteiger partial charge is 0.486 e. The first kappa shape index (κ1) is 16.6. The first-order valence-corrected chi connectivity index (χ1v) is 8.30. The van der Waals surface area contributed by atoms with Crippen molar-refractivity contribution in [2.45, 2.75) is 26.5 Å². The van der Waals surface area contributed by atoms with Crippen LogP contribution in [0.4, 0.5) is 5.69 Å². The maximum absolute atomic E-state index is 12.1. The van der Waals surface area contributed by atoms with E-state index in [-0.39, 0.29) is 17.9 Å². The van der Waals surface area contributed by atoms with Crippen molar-refractivity contribution < 1.29 is 14.3 Å². The van der Waals surface area contributed by atoms with Gasteiger partial charge in [-0.2, -0.15) is 5.10 Å². The van der Waals surface area contributed by atoms with E-state index in [1.807, 2.05) is 24.3 Å². The van der Waals surface area contributed by atoms with Gasteiger partial charge in [-0.05, 0) is 26.0 Å². The van der Waals surface area contributed by atoms with E-state index in [4.69, 9.17) is 21.1 Å². The van der Waals surface area contributed by atoms with Gasteiger partial charge in [0.25, 0.3) is 0 Å². The maximum atomic E-state index is 12.1. The van der Waals surface area contributed by atoms with E-state index in [2.05, 4.69) is 10.4 Å². The van der Waals surface area contributed by atoms with E-state index in [0.29, 0.717) is 18.8 Å². The van der Waals surface area contributed by atoms with E-state index in [1.165, 1.54) is 0 Å². The number of nitrogens with one attached hydrogen (secondary N) is 1. The Morgan fingerprint density at radius 2 is 2.17 bits per heavy atom. The van der Waals surface area contributed by atoms with E-state index < -0.39 is 5.41 Å². The predicted octanol–water partition coefficient (Wildman–Crippen LogP) is 2.93. The lowest BCUT2D eigenvalue weighted by Gasteiger charge is -2.26. The molecule has 6 nitrogen and oxygen atoms in total. The fourth-order valence-corrected chi connectivity index (χ4v) is 2.37. The number of carbonyl (C=O) groups excluding carboxylic acids is 1. The summed E-state index contributed by atoms with van der Waals surface area (Å²) in [5.74, 6) is 1.60. The number of nitrogens with zero attached hydrogens (tertiary/aromatic N) is 2. The first-order valence-electron chi connectivity index (χ1n) is 7.76. The smallest absolute Gasteiger partial charge is 0.231 e. The van der Waals surface area contributed by atoms with Gasteiger partial charge in [-0.25, -0.2) is 0 Å². The van der Waals surface area contributed by atoms with Crippen molar-refractivity contribution in [1.29, 1.82) is 0 Å². The molecule has 1 N–H and O–H groups in total. The van der Waals surface area contributed by atoms with E-state index in [9.17, 15) is 4.79 Å². The Morgan fingerprint density at radius 1 is 1.42 bits per heavy atom. The fraction of sp³-hybridized carbons (Fsp3) is 0.412. The van der Waals surface area contributed by atoms with Gasteiger partial charge in [0.2, 0.25) is 5.91 Å². The summed E-state index contributed by atoms with van der Waals surface area (Å²) in [5, 5.41) is 7.09. The zero-order valence-corrected chi connectivity index (χ0v) is 14.4. The summed E-state index contributed by atoms with van der Waals surface area (Å²) in [6.45, 7) is 4.58. The van der Waals surface area contributed by atoms with Crippen LogP contribution in [-0.4, -0.2) is 34.3 Å². The quantitative estimate of drug-likeness (QED) is 0.843. The lowest BCUT2D eigenvalue weighted by Crippen LogP contribution is -2.33. The average Bonchev–Trinajstić information content (AvgIpc) is 3.01. The maximum Gasteiger partial charge on any atom is 0.231 e. The van der Waals surface area contributed by atoms with Gasteiger partial charge in [0.1, 0.15) is 6.61 Å². The third kappa shape index (κ3) is 3.64. The van der Waals surface area contributed by atoms with Crippen LogP contribution in [0.5, 0.6) is 11.5 Å². The summed E-state index contributed by atoms with van der Waals surface area (Å²) in [7, 11) is 0. The Balaban J connectivity index is 1.60. The van der Waals surface area contributed by atoms with Crippen LogP contribution >= 0.6 is 11.6 Å². The number of amides is 1. The van der Waals surface area contributed by atoms with Gasteiger partial charge in [0.15, 0.2) is 17.6 Å². The van der Waals surface area contributed by atoms with Gasteiger partial charge < -0.3 is 14.8 Å². The van der Waals surface area contributed by atoms with E-state index >= 15 is 0 Å². The molecule has 1 aliphatic heterocycles. The number of carbonyl (C=O) groups is 1. The van der Waals surface area contributed by atoms with Gasteiger partial charge in [-0.15, -0.1) is 11.6 Å². The van der Waals surface area contributed by atoms with Crippen LogP contribution in [0.3, 0.4) is 0 Å². The second-order valence-corrected chi connectivity index (χ2v) is 6.69. The number of ether oxygens (including phenoxy) is 2. The summed E-state index contributed by atoms with van der Waals surface area (Å²) in [6, 6.07) is 7.58. The van der Waals surface area contributed by atoms with Crippen molar-refractivity contribution in [1.82, 2.24) is 9.78 Å². The third-order valence-electron chi connectivity index (χ3n) is 3.80. The van der Waals surface area contributed by atoms with Crippen LogP contribution in [0, 0.1) is 5.41 Å². The Hall–Kier alpha value is -2.21. The number of halogens is 1. The van der Waals surface area contributed by atoms with Crippen molar-refractivity contribution in [3.05, 3.63) is 36.7 Å². The molecule has 7 heteroatoms. The molecule has 1 atom stereocenters. The highest BCUT2D eigenvalue weighted by atomic mass is 35.5. The van der Waals surface area contributed by atoms with Gasteiger partial charge in [0.05, 0.1) is 23.8 Å². The number of rotatable bonds is 5. The summed E-state index contributed by atoms with van der Waals surface area (Å²) in [6.07, 6.45) is 3.24. The molecule has 3 rings (SSSR count). The number of anilines is 1. The van der Waals surface area contributed by atoms with Gasteiger partial charge in [0, 0.05) is 12.1 Å². The van der Waals surface area contributed by atoms with Gasteiger partial charge in [-0.3, -0.25) is 9.48 Å². The molecule has 2 heterocycles. The highest BCUT2D eigenvalue weighted by molar-refractivity contribution is 6.20. The Kier molecular flexibility index (Phi) is 4.66. The molecule has 1 unspecified atom stereocenters.